The quantitative estimate of drug-likeness (QED) is 0.496. The summed E-state index contributed by atoms with van der Waals surface area (Å²) < 4.78 is 0. The van der Waals surface area contributed by atoms with Crippen LogP contribution in [0.3, 0.4) is 0 Å². The van der Waals surface area contributed by atoms with Crippen LogP contribution in [-0.4, -0.2) is 0 Å². The summed E-state index contributed by atoms with van der Waals surface area (Å²) in [6, 6.07) is 29.3. The molecule has 3 rings (SSSR count). The molecule has 0 saturated heterocycles. The SMILES string of the molecule is C=C=C(NC(/C=C(\C)c1ccccc1)c1ccccc1)c1cccc(C)c1. The Morgan fingerprint density at radius 3 is 2.15 bits per heavy atom. The second-order valence-corrected chi connectivity index (χ2v) is 6.67. The van der Waals surface area contributed by atoms with Crippen molar-refractivity contribution >= 4 is 11.3 Å². The Labute approximate surface area is 162 Å². The fraction of sp³-hybridized carbons (Fsp3) is 0.115. The van der Waals surface area contributed by atoms with Crippen molar-refractivity contribution < 1.29 is 0 Å². The number of aryl methyl sites for hydroxylation is 1. The second kappa shape index (κ2) is 8.89. The van der Waals surface area contributed by atoms with Gasteiger partial charge >= 0.3 is 0 Å². The molecule has 3 aromatic rings. The van der Waals surface area contributed by atoms with E-state index in [0.29, 0.717) is 0 Å². The van der Waals surface area contributed by atoms with Crippen LogP contribution in [0.1, 0.15) is 35.2 Å². The zero-order chi connectivity index (χ0) is 19.1. The summed E-state index contributed by atoms with van der Waals surface area (Å²) in [5.74, 6) is 0. The molecule has 1 nitrogen and oxygen atoms in total. The summed E-state index contributed by atoms with van der Waals surface area (Å²) in [6.07, 6.45) is 2.26. The molecule has 0 radical (unpaired) electrons. The third-order valence-corrected chi connectivity index (χ3v) is 4.59. The molecule has 1 N–H and O–H groups in total. The van der Waals surface area contributed by atoms with Gasteiger partial charge in [-0.15, -0.1) is 5.73 Å². The molecule has 0 saturated carbocycles. The van der Waals surface area contributed by atoms with Crippen molar-refractivity contribution in [3.63, 3.8) is 0 Å². The highest BCUT2D eigenvalue weighted by atomic mass is 14.9. The summed E-state index contributed by atoms with van der Waals surface area (Å²) in [7, 11) is 0. The molecule has 1 atom stereocenters. The molecule has 134 valence electrons. The monoisotopic (exact) mass is 351 g/mol. The topological polar surface area (TPSA) is 12.0 Å². The van der Waals surface area contributed by atoms with E-state index in [1.807, 2.05) is 12.1 Å². The van der Waals surface area contributed by atoms with E-state index in [1.54, 1.807) is 0 Å². The molecule has 0 amide bonds. The van der Waals surface area contributed by atoms with Crippen LogP contribution >= 0.6 is 0 Å². The maximum absolute atomic E-state index is 3.91. The lowest BCUT2D eigenvalue weighted by Gasteiger charge is -2.20. The number of rotatable bonds is 6. The summed E-state index contributed by atoms with van der Waals surface area (Å²) >= 11 is 0. The third-order valence-electron chi connectivity index (χ3n) is 4.59. The number of benzene rings is 3. The fourth-order valence-electron chi connectivity index (χ4n) is 3.12. The Morgan fingerprint density at radius 1 is 0.889 bits per heavy atom. The summed E-state index contributed by atoms with van der Waals surface area (Å²) in [6.45, 7) is 8.15. The van der Waals surface area contributed by atoms with Gasteiger partial charge in [-0.05, 0) is 36.6 Å². The predicted molar refractivity (Wildman–Crippen MR) is 116 cm³/mol. The number of hydrogen-bond acceptors (Lipinski definition) is 1. The van der Waals surface area contributed by atoms with Crippen molar-refractivity contribution in [1.29, 1.82) is 0 Å². The summed E-state index contributed by atoms with van der Waals surface area (Å²) in [5.41, 5.74) is 9.95. The maximum Gasteiger partial charge on any atom is 0.0848 e. The lowest BCUT2D eigenvalue weighted by atomic mass is 9.99. The Balaban J connectivity index is 1.97. The van der Waals surface area contributed by atoms with Crippen LogP contribution in [0, 0.1) is 6.92 Å². The lowest BCUT2D eigenvalue weighted by Crippen LogP contribution is -2.18. The van der Waals surface area contributed by atoms with Crippen molar-refractivity contribution in [2.45, 2.75) is 19.9 Å². The van der Waals surface area contributed by atoms with Crippen molar-refractivity contribution in [3.8, 4) is 0 Å². The van der Waals surface area contributed by atoms with Crippen LogP contribution < -0.4 is 5.32 Å². The normalized spacial score (nSPS) is 12.1. The first kappa shape index (κ1) is 18.5. The molecule has 0 aromatic heterocycles. The highest BCUT2D eigenvalue weighted by molar-refractivity contribution is 5.67. The molecule has 27 heavy (non-hydrogen) atoms. The van der Waals surface area contributed by atoms with E-state index in [2.05, 4.69) is 110 Å². The minimum absolute atomic E-state index is 0.0242. The van der Waals surface area contributed by atoms with Crippen molar-refractivity contribution in [2.75, 3.05) is 0 Å². The highest BCUT2D eigenvalue weighted by Crippen LogP contribution is 2.24. The predicted octanol–water partition coefficient (Wildman–Crippen LogP) is 6.56. The number of allylic oxidation sites excluding steroid dienone is 1. The Bertz CT molecular complexity index is 961. The fourth-order valence-corrected chi connectivity index (χ4v) is 3.12. The molecule has 0 fully saturated rings. The van der Waals surface area contributed by atoms with Crippen LogP contribution in [0.5, 0.6) is 0 Å². The van der Waals surface area contributed by atoms with Crippen LogP contribution in [0.2, 0.25) is 0 Å². The third kappa shape index (κ3) is 4.88. The first-order chi connectivity index (χ1) is 13.2. The van der Waals surface area contributed by atoms with Gasteiger partial charge in [0.2, 0.25) is 0 Å². The van der Waals surface area contributed by atoms with Gasteiger partial charge in [0.1, 0.15) is 0 Å². The number of hydrogen-bond donors (Lipinski definition) is 1. The van der Waals surface area contributed by atoms with Gasteiger partial charge in [0.25, 0.3) is 0 Å². The molecule has 0 aliphatic heterocycles. The van der Waals surface area contributed by atoms with Crippen LogP contribution in [0.25, 0.3) is 11.3 Å². The van der Waals surface area contributed by atoms with E-state index in [1.165, 1.54) is 22.3 Å². The number of nitrogens with one attached hydrogen (secondary N) is 1. The van der Waals surface area contributed by atoms with Crippen molar-refractivity contribution in [3.05, 3.63) is 126 Å². The van der Waals surface area contributed by atoms with Crippen LogP contribution in [0.15, 0.2) is 103 Å². The molecule has 0 bridgehead atoms. The molecule has 3 aromatic carbocycles. The minimum atomic E-state index is 0.0242. The molecule has 0 spiro atoms. The van der Waals surface area contributed by atoms with Crippen molar-refractivity contribution in [2.24, 2.45) is 0 Å². The van der Waals surface area contributed by atoms with E-state index in [9.17, 15) is 0 Å². The molecule has 1 unspecified atom stereocenters. The van der Waals surface area contributed by atoms with E-state index in [0.717, 1.165) is 11.3 Å². The van der Waals surface area contributed by atoms with E-state index in [4.69, 9.17) is 0 Å². The Hall–Kier alpha value is -3.28. The van der Waals surface area contributed by atoms with Gasteiger partial charge in [-0.2, -0.15) is 0 Å². The highest BCUT2D eigenvalue weighted by Gasteiger charge is 2.12. The van der Waals surface area contributed by atoms with Gasteiger partial charge in [-0.1, -0.05) is 97.1 Å². The Morgan fingerprint density at radius 2 is 1.52 bits per heavy atom. The Kier molecular flexibility index (Phi) is 6.10. The smallest absolute Gasteiger partial charge is 0.0848 e. The van der Waals surface area contributed by atoms with E-state index >= 15 is 0 Å². The first-order valence-electron chi connectivity index (χ1n) is 9.20. The molecular formula is C26H25N. The standard InChI is InChI=1S/C26H25N/c1-4-25(24-17-11-12-20(2)18-24)27-26(23-15-9-6-10-16-23)19-21(3)22-13-7-5-8-14-22/h5-19,26-27H,1H2,2-3H3/b21-19+. The average Bonchev–Trinajstić information content (AvgIpc) is 2.72. The molecule has 1 heteroatoms. The zero-order valence-electron chi connectivity index (χ0n) is 15.9. The van der Waals surface area contributed by atoms with E-state index < -0.39 is 0 Å². The van der Waals surface area contributed by atoms with Crippen LogP contribution in [-0.2, 0) is 0 Å². The van der Waals surface area contributed by atoms with Gasteiger partial charge in [0.15, 0.2) is 0 Å². The molecular weight excluding hydrogens is 326 g/mol. The van der Waals surface area contributed by atoms with E-state index in [-0.39, 0.29) is 6.04 Å². The van der Waals surface area contributed by atoms with Crippen LogP contribution in [0.4, 0.5) is 0 Å². The lowest BCUT2D eigenvalue weighted by molar-refractivity contribution is 0.773. The second-order valence-electron chi connectivity index (χ2n) is 6.67. The van der Waals surface area contributed by atoms with Gasteiger partial charge in [0.05, 0.1) is 11.7 Å². The van der Waals surface area contributed by atoms with Gasteiger partial charge in [-0.25, -0.2) is 0 Å². The first-order valence-corrected chi connectivity index (χ1v) is 9.20. The largest absolute Gasteiger partial charge is 0.368 e. The maximum atomic E-state index is 3.91. The summed E-state index contributed by atoms with van der Waals surface area (Å²) in [4.78, 5) is 0. The molecule has 0 heterocycles. The zero-order valence-corrected chi connectivity index (χ0v) is 15.9. The van der Waals surface area contributed by atoms with Gasteiger partial charge in [0, 0.05) is 5.56 Å². The minimum Gasteiger partial charge on any atom is -0.368 e. The van der Waals surface area contributed by atoms with Gasteiger partial charge in [-0.3, -0.25) is 0 Å². The average molecular weight is 351 g/mol. The molecule has 0 aliphatic carbocycles. The molecule has 0 aliphatic rings. The van der Waals surface area contributed by atoms with Crippen molar-refractivity contribution in [1.82, 2.24) is 5.32 Å². The summed E-state index contributed by atoms with van der Waals surface area (Å²) in [5, 5.41) is 3.63. The van der Waals surface area contributed by atoms with Gasteiger partial charge < -0.3 is 5.32 Å².